The number of ether oxygens (including phenoxy) is 1. The van der Waals surface area contributed by atoms with E-state index in [2.05, 4.69) is 26.5 Å². The van der Waals surface area contributed by atoms with Crippen LogP contribution in [0.25, 0.3) is 0 Å². The molecule has 1 aliphatic rings. The maximum absolute atomic E-state index is 13.7. The molecule has 2 aromatic carbocycles. The Kier molecular flexibility index (Phi) is 6.55. The summed E-state index contributed by atoms with van der Waals surface area (Å²) in [6.45, 7) is 1.20. The Morgan fingerprint density at radius 3 is 2.71 bits per heavy atom. The van der Waals surface area contributed by atoms with E-state index in [1.807, 2.05) is 0 Å². The monoisotopic (exact) mass is 469 g/mol. The minimum Gasteiger partial charge on any atom is -0.379 e. The number of rotatable bonds is 5. The molecule has 28 heavy (non-hydrogen) atoms. The largest absolute Gasteiger partial charge is 0.379 e. The van der Waals surface area contributed by atoms with Crippen LogP contribution in [0, 0.1) is 5.82 Å². The molecule has 1 heterocycles. The summed E-state index contributed by atoms with van der Waals surface area (Å²) < 4.78 is 46.2. The number of nitrogens with one attached hydrogen (secondary N) is 1. The molecule has 0 radical (unpaired) electrons. The molecular formula is C18H17BrFN3O4S. The first-order chi connectivity index (χ1) is 13.4. The fourth-order valence-electron chi connectivity index (χ4n) is 2.57. The van der Waals surface area contributed by atoms with Gasteiger partial charge in [-0.1, -0.05) is 22.0 Å². The van der Waals surface area contributed by atoms with Crippen molar-refractivity contribution in [1.29, 1.82) is 0 Å². The van der Waals surface area contributed by atoms with Gasteiger partial charge in [-0.2, -0.15) is 9.41 Å². The first-order valence-corrected chi connectivity index (χ1v) is 10.6. The number of hydrazone groups is 1. The Morgan fingerprint density at radius 2 is 1.96 bits per heavy atom. The Labute approximate surface area is 170 Å². The molecule has 0 unspecified atom stereocenters. The molecule has 3 rings (SSSR count). The number of morpholine rings is 1. The fraction of sp³-hybridized carbons (Fsp3) is 0.222. The molecule has 148 valence electrons. The second-order valence-electron chi connectivity index (χ2n) is 5.91. The Balaban J connectivity index is 1.73. The number of sulfonamides is 1. The maximum Gasteiger partial charge on any atom is 0.271 e. The molecule has 2 aromatic rings. The van der Waals surface area contributed by atoms with Gasteiger partial charge >= 0.3 is 0 Å². The third-order valence-corrected chi connectivity index (χ3v) is 6.42. The van der Waals surface area contributed by atoms with Crippen LogP contribution in [0.5, 0.6) is 0 Å². The summed E-state index contributed by atoms with van der Waals surface area (Å²) in [5.74, 6) is -1.09. The van der Waals surface area contributed by atoms with Gasteiger partial charge in [0.25, 0.3) is 5.91 Å². The van der Waals surface area contributed by atoms with Crippen molar-refractivity contribution in [3.8, 4) is 0 Å². The van der Waals surface area contributed by atoms with Crippen LogP contribution in [0.3, 0.4) is 0 Å². The highest BCUT2D eigenvalue weighted by molar-refractivity contribution is 9.10. The molecular weight excluding hydrogens is 453 g/mol. The number of benzene rings is 2. The first kappa shape index (κ1) is 20.6. The van der Waals surface area contributed by atoms with Gasteiger partial charge in [-0.15, -0.1) is 0 Å². The molecule has 1 fully saturated rings. The highest BCUT2D eigenvalue weighted by atomic mass is 79.9. The van der Waals surface area contributed by atoms with E-state index in [1.165, 1.54) is 46.9 Å². The zero-order chi connectivity index (χ0) is 20.1. The lowest BCUT2D eigenvalue weighted by Gasteiger charge is -2.26. The van der Waals surface area contributed by atoms with Crippen LogP contribution in [0.4, 0.5) is 4.39 Å². The quantitative estimate of drug-likeness (QED) is 0.537. The first-order valence-electron chi connectivity index (χ1n) is 8.34. The summed E-state index contributed by atoms with van der Waals surface area (Å²) in [5, 5.41) is 3.74. The standard InChI is InChI=1S/C18H17BrFN3O4S/c19-15-4-5-17(20)14(10-15)12-21-22-18(24)13-2-1-3-16(11-13)28(25,26)23-6-8-27-9-7-23/h1-5,10-12H,6-9H2,(H,22,24)/b21-12+. The second-order valence-corrected chi connectivity index (χ2v) is 8.76. The lowest BCUT2D eigenvalue weighted by atomic mass is 10.2. The highest BCUT2D eigenvalue weighted by Gasteiger charge is 2.26. The highest BCUT2D eigenvalue weighted by Crippen LogP contribution is 2.18. The molecule has 1 aliphatic heterocycles. The normalized spacial score (nSPS) is 15.6. The van der Waals surface area contributed by atoms with Crippen LogP contribution in [-0.4, -0.2) is 51.1 Å². The summed E-state index contributed by atoms with van der Waals surface area (Å²) in [4.78, 5) is 12.3. The van der Waals surface area contributed by atoms with E-state index in [1.54, 1.807) is 6.07 Å². The summed E-state index contributed by atoms with van der Waals surface area (Å²) >= 11 is 3.23. The van der Waals surface area contributed by atoms with Crippen LogP contribution in [-0.2, 0) is 14.8 Å². The third kappa shape index (κ3) is 4.82. The van der Waals surface area contributed by atoms with Gasteiger partial charge in [-0.3, -0.25) is 4.79 Å². The number of amides is 1. The predicted molar refractivity (Wildman–Crippen MR) is 105 cm³/mol. The smallest absolute Gasteiger partial charge is 0.271 e. The van der Waals surface area contributed by atoms with E-state index in [0.29, 0.717) is 17.7 Å². The van der Waals surface area contributed by atoms with Gasteiger partial charge in [0.15, 0.2) is 0 Å². The predicted octanol–water partition coefficient (Wildman–Crippen LogP) is 2.37. The van der Waals surface area contributed by atoms with E-state index in [4.69, 9.17) is 4.74 Å². The molecule has 7 nitrogen and oxygen atoms in total. The third-order valence-electron chi connectivity index (χ3n) is 4.03. The van der Waals surface area contributed by atoms with Crippen molar-refractivity contribution in [2.45, 2.75) is 4.90 Å². The second kappa shape index (κ2) is 8.91. The van der Waals surface area contributed by atoms with E-state index in [0.717, 1.165) is 0 Å². The van der Waals surface area contributed by atoms with Gasteiger partial charge in [0.2, 0.25) is 10.0 Å². The van der Waals surface area contributed by atoms with Crippen molar-refractivity contribution in [3.63, 3.8) is 0 Å². The number of halogens is 2. The lowest BCUT2D eigenvalue weighted by molar-refractivity contribution is 0.0730. The average molecular weight is 470 g/mol. The molecule has 10 heteroatoms. The molecule has 1 saturated heterocycles. The van der Waals surface area contributed by atoms with Crippen LogP contribution in [0.15, 0.2) is 56.9 Å². The van der Waals surface area contributed by atoms with Crippen LogP contribution in [0.2, 0.25) is 0 Å². The van der Waals surface area contributed by atoms with Crippen molar-refractivity contribution < 1.29 is 22.3 Å². The number of nitrogens with zero attached hydrogens (tertiary/aromatic N) is 2. The molecule has 0 saturated carbocycles. The van der Waals surface area contributed by atoms with Gasteiger partial charge in [0, 0.05) is 28.7 Å². The SMILES string of the molecule is O=C(N/N=C/c1cc(Br)ccc1F)c1cccc(S(=O)(=O)N2CCOCC2)c1. The molecule has 1 N–H and O–H groups in total. The van der Waals surface area contributed by atoms with E-state index >= 15 is 0 Å². The van der Waals surface area contributed by atoms with Gasteiger partial charge < -0.3 is 4.74 Å². The number of carbonyl (C=O) groups is 1. The van der Waals surface area contributed by atoms with Crippen molar-refractivity contribution >= 4 is 38.1 Å². The maximum atomic E-state index is 13.7. The summed E-state index contributed by atoms with van der Waals surface area (Å²) in [6.07, 6.45) is 1.17. The minimum absolute atomic E-state index is 0.0177. The van der Waals surface area contributed by atoms with E-state index in [-0.39, 0.29) is 29.1 Å². The zero-order valence-electron chi connectivity index (χ0n) is 14.6. The zero-order valence-corrected chi connectivity index (χ0v) is 17.0. The van der Waals surface area contributed by atoms with Crippen molar-refractivity contribution in [3.05, 3.63) is 63.9 Å². The fourth-order valence-corrected chi connectivity index (χ4v) is 4.41. The van der Waals surface area contributed by atoms with Gasteiger partial charge in [-0.05, 0) is 36.4 Å². The van der Waals surface area contributed by atoms with Gasteiger partial charge in [-0.25, -0.2) is 18.2 Å². The number of hydrogen-bond acceptors (Lipinski definition) is 5. The molecule has 0 aliphatic carbocycles. The molecule has 0 atom stereocenters. The molecule has 0 bridgehead atoms. The van der Waals surface area contributed by atoms with Crippen molar-refractivity contribution in [2.24, 2.45) is 5.10 Å². The molecule has 0 aromatic heterocycles. The average Bonchev–Trinajstić information content (AvgIpc) is 2.71. The van der Waals surface area contributed by atoms with Crippen molar-refractivity contribution in [1.82, 2.24) is 9.73 Å². The molecule has 1 amide bonds. The number of carbonyl (C=O) groups excluding carboxylic acids is 1. The van der Waals surface area contributed by atoms with Gasteiger partial charge in [0.1, 0.15) is 5.82 Å². The number of hydrogen-bond donors (Lipinski definition) is 1. The summed E-state index contributed by atoms with van der Waals surface area (Å²) in [6, 6.07) is 10.0. The Hall–Kier alpha value is -2.14. The summed E-state index contributed by atoms with van der Waals surface area (Å²) in [5.41, 5.74) is 2.59. The van der Waals surface area contributed by atoms with Crippen LogP contribution < -0.4 is 5.43 Å². The summed E-state index contributed by atoms with van der Waals surface area (Å²) in [7, 11) is -3.71. The van der Waals surface area contributed by atoms with Crippen molar-refractivity contribution in [2.75, 3.05) is 26.3 Å². The topological polar surface area (TPSA) is 88.1 Å². The van der Waals surface area contributed by atoms with E-state index in [9.17, 15) is 17.6 Å². The minimum atomic E-state index is -3.71. The lowest BCUT2D eigenvalue weighted by Crippen LogP contribution is -2.40. The van der Waals surface area contributed by atoms with E-state index < -0.39 is 21.7 Å². The Morgan fingerprint density at radius 1 is 1.21 bits per heavy atom. The van der Waals surface area contributed by atoms with Crippen LogP contribution >= 0.6 is 15.9 Å². The van der Waals surface area contributed by atoms with Crippen LogP contribution in [0.1, 0.15) is 15.9 Å². The van der Waals surface area contributed by atoms with Gasteiger partial charge in [0.05, 0.1) is 24.3 Å². The molecule has 0 spiro atoms. The Bertz CT molecular complexity index is 1010.